The molecule has 1 atom stereocenters. The van der Waals surface area contributed by atoms with Crippen LogP contribution in [0.15, 0.2) is 0 Å². The van der Waals surface area contributed by atoms with Crippen LogP contribution in [0.3, 0.4) is 0 Å². The number of methoxy groups -OCH3 is 1. The maximum absolute atomic E-state index is 5.83. The second-order valence-corrected chi connectivity index (χ2v) is 3.61. The number of alkyl halides is 1. The molecule has 1 nitrogen and oxygen atoms in total. The first-order valence-corrected chi connectivity index (χ1v) is 5.43. The van der Waals surface area contributed by atoms with Gasteiger partial charge >= 0.3 is 0 Å². The first-order chi connectivity index (χ1) is 5.85. The summed E-state index contributed by atoms with van der Waals surface area (Å²) in [5.74, 6) is 1.55. The minimum Gasteiger partial charge on any atom is -0.385 e. The Balaban J connectivity index is 3.19. The minimum absolute atomic E-state index is 0.730. The van der Waals surface area contributed by atoms with E-state index in [-0.39, 0.29) is 0 Å². The van der Waals surface area contributed by atoms with Gasteiger partial charge in [0.2, 0.25) is 0 Å². The summed E-state index contributed by atoms with van der Waals surface area (Å²) in [6.45, 7) is 3.11. The number of rotatable bonds is 8. The van der Waals surface area contributed by atoms with Crippen LogP contribution in [0.1, 0.15) is 39.0 Å². The minimum atomic E-state index is 0.730. The van der Waals surface area contributed by atoms with Crippen LogP contribution in [0.5, 0.6) is 0 Å². The lowest BCUT2D eigenvalue weighted by Crippen LogP contribution is -2.02. The average molecular weight is 193 g/mol. The number of hydrogen-bond donors (Lipinski definition) is 0. The first kappa shape index (κ1) is 12.2. The smallest absolute Gasteiger partial charge is 0.0462 e. The number of unbranched alkanes of at least 4 members (excludes halogenated alkanes) is 1. The molecule has 0 saturated carbocycles. The van der Waals surface area contributed by atoms with Crippen molar-refractivity contribution in [3.8, 4) is 0 Å². The lowest BCUT2D eigenvalue weighted by atomic mass is 9.99. The van der Waals surface area contributed by atoms with Crippen LogP contribution < -0.4 is 0 Å². The van der Waals surface area contributed by atoms with E-state index < -0.39 is 0 Å². The molecule has 74 valence electrons. The van der Waals surface area contributed by atoms with E-state index >= 15 is 0 Å². The van der Waals surface area contributed by atoms with Crippen LogP contribution in [-0.4, -0.2) is 19.6 Å². The van der Waals surface area contributed by atoms with Crippen molar-refractivity contribution in [2.45, 2.75) is 39.0 Å². The molecule has 0 aliphatic carbocycles. The second-order valence-electron chi connectivity index (χ2n) is 3.30. The van der Waals surface area contributed by atoms with Gasteiger partial charge in [-0.05, 0) is 25.2 Å². The quantitative estimate of drug-likeness (QED) is 0.423. The van der Waals surface area contributed by atoms with E-state index in [1.54, 1.807) is 7.11 Å². The fourth-order valence-electron chi connectivity index (χ4n) is 1.39. The van der Waals surface area contributed by atoms with Gasteiger partial charge in [0.05, 0.1) is 0 Å². The number of hydrogen-bond acceptors (Lipinski definition) is 1. The Morgan fingerprint density at radius 3 is 2.50 bits per heavy atom. The summed E-state index contributed by atoms with van der Waals surface area (Å²) in [5, 5.41) is 0. The summed E-state index contributed by atoms with van der Waals surface area (Å²) in [6, 6.07) is 0. The van der Waals surface area contributed by atoms with Crippen LogP contribution in [0.4, 0.5) is 0 Å². The van der Waals surface area contributed by atoms with Crippen LogP contribution >= 0.6 is 11.6 Å². The van der Waals surface area contributed by atoms with Gasteiger partial charge in [-0.2, -0.15) is 0 Å². The SMILES string of the molecule is CCCC(CCl)CCCCOC. The van der Waals surface area contributed by atoms with Gasteiger partial charge in [-0.1, -0.05) is 19.8 Å². The molecule has 0 rings (SSSR count). The zero-order valence-electron chi connectivity index (χ0n) is 8.31. The van der Waals surface area contributed by atoms with E-state index in [9.17, 15) is 0 Å². The van der Waals surface area contributed by atoms with Crippen molar-refractivity contribution >= 4 is 11.6 Å². The Bertz CT molecular complexity index is 85.9. The standard InChI is InChI=1S/C10H21ClO/c1-3-6-10(9-11)7-4-5-8-12-2/h10H,3-9H2,1-2H3. The molecule has 0 aliphatic rings. The summed E-state index contributed by atoms with van der Waals surface area (Å²) in [7, 11) is 1.76. The van der Waals surface area contributed by atoms with E-state index in [0.29, 0.717) is 0 Å². The Labute approximate surface area is 81.4 Å². The summed E-state index contributed by atoms with van der Waals surface area (Å²) in [5.41, 5.74) is 0. The highest BCUT2D eigenvalue weighted by Crippen LogP contribution is 2.16. The third-order valence-corrected chi connectivity index (χ3v) is 2.56. The zero-order valence-corrected chi connectivity index (χ0v) is 9.07. The maximum atomic E-state index is 5.83. The Hall–Kier alpha value is 0.250. The summed E-state index contributed by atoms with van der Waals surface area (Å²) >= 11 is 5.83. The van der Waals surface area contributed by atoms with Gasteiger partial charge in [-0.25, -0.2) is 0 Å². The molecule has 0 amide bonds. The van der Waals surface area contributed by atoms with Gasteiger partial charge < -0.3 is 4.74 Å². The van der Waals surface area contributed by atoms with Crippen LogP contribution in [0, 0.1) is 5.92 Å². The molecule has 0 bridgehead atoms. The van der Waals surface area contributed by atoms with Crippen molar-refractivity contribution in [2.24, 2.45) is 5.92 Å². The number of halogens is 1. The van der Waals surface area contributed by atoms with Crippen molar-refractivity contribution in [1.82, 2.24) is 0 Å². The molecule has 0 aromatic heterocycles. The van der Waals surface area contributed by atoms with E-state index in [4.69, 9.17) is 16.3 Å². The Morgan fingerprint density at radius 1 is 1.25 bits per heavy atom. The predicted molar refractivity (Wildman–Crippen MR) is 54.8 cm³/mol. The van der Waals surface area contributed by atoms with Crippen molar-refractivity contribution in [3.05, 3.63) is 0 Å². The van der Waals surface area contributed by atoms with Gasteiger partial charge in [-0.3, -0.25) is 0 Å². The predicted octanol–water partition coefficient (Wildman–Crippen LogP) is 3.46. The Kier molecular flexibility index (Phi) is 9.53. The van der Waals surface area contributed by atoms with Crippen molar-refractivity contribution in [2.75, 3.05) is 19.6 Å². The van der Waals surface area contributed by atoms with Crippen LogP contribution in [-0.2, 0) is 4.74 Å². The molecule has 0 aliphatic heterocycles. The average Bonchev–Trinajstić information content (AvgIpc) is 2.10. The maximum Gasteiger partial charge on any atom is 0.0462 e. The fourth-order valence-corrected chi connectivity index (χ4v) is 1.69. The molecule has 1 unspecified atom stereocenters. The first-order valence-electron chi connectivity index (χ1n) is 4.90. The van der Waals surface area contributed by atoms with Gasteiger partial charge in [0.1, 0.15) is 0 Å². The second kappa shape index (κ2) is 9.34. The molecule has 0 N–H and O–H groups in total. The van der Waals surface area contributed by atoms with Gasteiger partial charge in [0, 0.05) is 19.6 Å². The molecule has 12 heavy (non-hydrogen) atoms. The summed E-state index contributed by atoms with van der Waals surface area (Å²) in [6.07, 6.45) is 6.22. The third-order valence-electron chi connectivity index (χ3n) is 2.13. The van der Waals surface area contributed by atoms with E-state index in [2.05, 4.69) is 6.92 Å². The van der Waals surface area contributed by atoms with Gasteiger partial charge in [0.15, 0.2) is 0 Å². The topological polar surface area (TPSA) is 9.23 Å². The third kappa shape index (κ3) is 6.93. The van der Waals surface area contributed by atoms with Crippen LogP contribution in [0.2, 0.25) is 0 Å². The highest BCUT2D eigenvalue weighted by Gasteiger charge is 2.04. The van der Waals surface area contributed by atoms with Crippen molar-refractivity contribution in [3.63, 3.8) is 0 Å². The largest absolute Gasteiger partial charge is 0.385 e. The molecule has 0 saturated heterocycles. The number of ether oxygens (including phenoxy) is 1. The molecule has 0 fully saturated rings. The normalized spacial score (nSPS) is 13.2. The lowest BCUT2D eigenvalue weighted by molar-refractivity contribution is 0.190. The molecule has 0 radical (unpaired) electrons. The fraction of sp³-hybridized carbons (Fsp3) is 1.00. The van der Waals surface area contributed by atoms with Gasteiger partial charge in [0.25, 0.3) is 0 Å². The highest BCUT2D eigenvalue weighted by molar-refractivity contribution is 6.18. The van der Waals surface area contributed by atoms with E-state index in [1.165, 1.54) is 32.1 Å². The van der Waals surface area contributed by atoms with E-state index in [0.717, 1.165) is 18.4 Å². The molecule has 2 heteroatoms. The molecular weight excluding hydrogens is 172 g/mol. The monoisotopic (exact) mass is 192 g/mol. The molecule has 0 spiro atoms. The van der Waals surface area contributed by atoms with Crippen LogP contribution in [0.25, 0.3) is 0 Å². The van der Waals surface area contributed by atoms with Crippen molar-refractivity contribution in [1.29, 1.82) is 0 Å². The Morgan fingerprint density at radius 2 is 2.00 bits per heavy atom. The molecule has 0 aromatic carbocycles. The molecule has 0 aromatic rings. The van der Waals surface area contributed by atoms with Gasteiger partial charge in [-0.15, -0.1) is 11.6 Å². The molecule has 0 heterocycles. The van der Waals surface area contributed by atoms with Crippen molar-refractivity contribution < 1.29 is 4.74 Å². The zero-order chi connectivity index (χ0) is 9.23. The molecular formula is C10H21ClO. The highest BCUT2D eigenvalue weighted by atomic mass is 35.5. The summed E-state index contributed by atoms with van der Waals surface area (Å²) in [4.78, 5) is 0. The summed E-state index contributed by atoms with van der Waals surface area (Å²) < 4.78 is 4.98. The lowest BCUT2D eigenvalue weighted by Gasteiger charge is -2.11. The van der Waals surface area contributed by atoms with E-state index in [1.807, 2.05) is 0 Å².